The van der Waals surface area contributed by atoms with Crippen LogP contribution in [0, 0.1) is 0 Å². The number of carbonyl (C=O) groups is 1. The van der Waals surface area contributed by atoms with Gasteiger partial charge in [0.25, 0.3) is 5.91 Å². The number of benzene rings is 2. The lowest BCUT2D eigenvalue weighted by Crippen LogP contribution is -2.25. The summed E-state index contributed by atoms with van der Waals surface area (Å²) < 4.78 is 27.9. The molecule has 2 N–H and O–H groups in total. The number of anilines is 1. The number of sulfone groups is 1. The molecule has 29 heavy (non-hydrogen) atoms. The topological polar surface area (TPSA) is 84.5 Å². The van der Waals surface area contributed by atoms with Crippen molar-refractivity contribution in [1.29, 1.82) is 0 Å². The fourth-order valence-electron chi connectivity index (χ4n) is 3.08. The monoisotopic (exact) mass is 414 g/mol. The molecule has 7 heteroatoms. The van der Waals surface area contributed by atoms with Crippen LogP contribution in [-0.2, 0) is 16.4 Å². The van der Waals surface area contributed by atoms with Crippen LogP contribution in [0.15, 0.2) is 53.9 Å². The van der Waals surface area contributed by atoms with Crippen LogP contribution < -0.4 is 15.4 Å². The predicted molar refractivity (Wildman–Crippen MR) is 115 cm³/mol. The fraction of sp³-hybridized carbons (Fsp3) is 0.318. The molecule has 0 unspecified atom stereocenters. The van der Waals surface area contributed by atoms with E-state index >= 15 is 0 Å². The summed E-state index contributed by atoms with van der Waals surface area (Å²) in [6.07, 6.45) is 4.80. The second-order valence-corrected chi connectivity index (χ2v) is 9.10. The average molecular weight is 415 g/mol. The van der Waals surface area contributed by atoms with Gasteiger partial charge in [-0.1, -0.05) is 36.4 Å². The highest BCUT2D eigenvalue weighted by Gasteiger charge is 2.27. The molecule has 0 radical (unpaired) electrons. The van der Waals surface area contributed by atoms with Crippen molar-refractivity contribution >= 4 is 21.4 Å². The van der Waals surface area contributed by atoms with E-state index in [1.54, 1.807) is 7.11 Å². The minimum atomic E-state index is -3.22. The van der Waals surface area contributed by atoms with Crippen LogP contribution in [-0.4, -0.2) is 34.2 Å². The summed E-state index contributed by atoms with van der Waals surface area (Å²) in [5.41, 5.74) is 3.39. The van der Waals surface area contributed by atoms with Crippen molar-refractivity contribution < 1.29 is 17.9 Å². The number of rotatable bonds is 9. The molecule has 0 bridgehead atoms. The lowest BCUT2D eigenvalue weighted by atomic mass is 10.0. The zero-order valence-electron chi connectivity index (χ0n) is 16.6. The Kier molecular flexibility index (Phi) is 6.59. The first kappa shape index (κ1) is 20.9. The lowest BCUT2D eigenvalue weighted by molar-refractivity contribution is 0.0955. The average Bonchev–Trinajstić information content (AvgIpc) is 3.54. The van der Waals surface area contributed by atoms with Gasteiger partial charge in [0.05, 0.1) is 12.8 Å². The van der Waals surface area contributed by atoms with Crippen LogP contribution in [0.2, 0.25) is 0 Å². The Labute approximate surface area is 171 Å². The number of hydrogen-bond acceptors (Lipinski definition) is 5. The molecule has 1 amide bonds. The molecule has 0 aromatic heterocycles. The normalized spacial score (nSPS) is 14.0. The first-order chi connectivity index (χ1) is 13.9. The van der Waals surface area contributed by atoms with Gasteiger partial charge in [-0.3, -0.25) is 4.79 Å². The molecule has 2 aromatic carbocycles. The van der Waals surface area contributed by atoms with Gasteiger partial charge < -0.3 is 15.4 Å². The van der Waals surface area contributed by atoms with Crippen molar-refractivity contribution in [3.63, 3.8) is 0 Å². The molecule has 0 heterocycles. The summed E-state index contributed by atoms with van der Waals surface area (Å²) in [6.45, 7) is 0.684. The number of amides is 1. The molecule has 2 aromatic rings. The van der Waals surface area contributed by atoms with Gasteiger partial charge in [0.15, 0.2) is 9.84 Å². The second kappa shape index (κ2) is 9.13. The summed E-state index contributed by atoms with van der Waals surface area (Å²) in [4.78, 5) is 12.9. The first-order valence-electron chi connectivity index (χ1n) is 9.52. The summed E-state index contributed by atoms with van der Waals surface area (Å²) in [6, 6.07) is 13.9. The minimum Gasteiger partial charge on any atom is -0.496 e. The van der Waals surface area contributed by atoms with E-state index in [0.29, 0.717) is 29.5 Å². The van der Waals surface area contributed by atoms with Crippen LogP contribution in [0.5, 0.6) is 5.75 Å². The van der Waals surface area contributed by atoms with Gasteiger partial charge in [-0.05, 0) is 42.0 Å². The number of nitrogens with one attached hydrogen (secondary N) is 2. The lowest BCUT2D eigenvalue weighted by Gasteiger charge is -2.17. The van der Waals surface area contributed by atoms with E-state index < -0.39 is 9.84 Å². The molecule has 154 valence electrons. The third kappa shape index (κ3) is 6.09. The summed E-state index contributed by atoms with van der Waals surface area (Å²) in [5, 5.41) is 7.19. The second-order valence-electron chi connectivity index (χ2n) is 7.17. The van der Waals surface area contributed by atoms with E-state index in [9.17, 15) is 13.2 Å². The largest absolute Gasteiger partial charge is 0.496 e. The van der Waals surface area contributed by atoms with E-state index in [2.05, 4.69) is 10.6 Å². The molecular formula is C22H26N2O4S. The highest BCUT2D eigenvalue weighted by Crippen LogP contribution is 2.43. The van der Waals surface area contributed by atoms with Gasteiger partial charge in [0, 0.05) is 24.8 Å². The van der Waals surface area contributed by atoms with Gasteiger partial charge in [0.2, 0.25) is 0 Å². The molecule has 0 aliphatic heterocycles. The van der Waals surface area contributed by atoms with Crippen molar-refractivity contribution in [2.24, 2.45) is 0 Å². The van der Waals surface area contributed by atoms with Crippen molar-refractivity contribution in [3.8, 4) is 5.75 Å². The Morgan fingerprint density at radius 2 is 1.93 bits per heavy atom. The van der Waals surface area contributed by atoms with E-state index in [4.69, 9.17) is 4.74 Å². The third-order valence-electron chi connectivity index (χ3n) is 4.67. The molecular weight excluding hydrogens is 388 g/mol. The number of hydrogen-bond donors (Lipinski definition) is 2. The molecule has 1 aliphatic rings. The Balaban J connectivity index is 1.84. The number of carbonyl (C=O) groups excluding carboxylic acids is 1. The van der Waals surface area contributed by atoms with Crippen molar-refractivity contribution in [3.05, 3.63) is 70.6 Å². The number of ether oxygens (including phenoxy) is 1. The zero-order valence-corrected chi connectivity index (χ0v) is 17.5. The van der Waals surface area contributed by atoms with Crippen molar-refractivity contribution in [2.45, 2.75) is 25.3 Å². The highest BCUT2D eigenvalue weighted by molar-refractivity contribution is 7.93. The van der Waals surface area contributed by atoms with Crippen molar-refractivity contribution in [2.75, 3.05) is 25.2 Å². The van der Waals surface area contributed by atoms with Gasteiger partial charge in [0.1, 0.15) is 11.3 Å². The quantitative estimate of drug-likeness (QED) is 0.656. The van der Waals surface area contributed by atoms with Crippen LogP contribution in [0.4, 0.5) is 5.69 Å². The molecule has 0 spiro atoms. The molecule has 0 atom stereocenters. The van der Waals surface area contributed by atoms with Gasteiger partial charge in [-0.2, -0.15) is 0 Å². The van der Waals surface area contributed by atoms with Gasteiger partial charge >= 0.3 is 0 Å². The molecule has 1 aliphatic carbocycles. The fourth-order valence-corrected chi connectivity index (χ4v) is 3.53. The predicted octanol–water partition coefficient (Wildman–Crippen LogP) is 3.47. The molecule has 3 rings (SSSR count). The highest BCUT2D eigenvalue weighted by atomic mass is 32.2. The Morgan fingerprint density at radius 1 is 1.21 bits per heavy atom. The summed E-state index contributed by atoms with van der Waals surface area (Å²) >= 11 is 0. The Bertz CT molecular complexity index is 997. The van der Waals surface area contributed by atoms with Crippen LogP contribution >= 0.6 is 0 Å². The van der Waals surface area contributed by atoms with E-state index in [1.807, 2.05) is 42.5 Å². The zero-order chi connectivity index (χ0) is 20.9. The SMILES string of the molecule is COc1cc(C2CC2)cc(NCc2ccccc2)c1C(=O)NC/C=C/S(C)(=O)=O. The first-order valence-corrected chi connectivity index (χ1v) is 11.5. The summed E-state index contributed by atoms with van der Waals surface area (Å²) in [7, 11) is -1.68. The van der Waals surface area contributed by atoms with Crippen LogP contribution in [0.25, 0.3) is 0 Å². The standard InChI is InChI=1S/C22H26N2O4S/c1-28-20-14-18(17-9-10-17)13-19(24-15-16-7-4-3-5-8-16)21(20)22(25)23-11-6-12-29(2,26)27/h3-8,12-14,17,24H,9-11,15H2,1-2H3,(H,23,25)/b12-6+. The van der Waals surface area contributed by atoms with Gasteiger partial charge in [-0.15, -0.1) is 0 Å². The minimum absolute atomic E-state index is 0.109. The molecule has 1 fully saturated rings. The third-order valence-corrected chi connectivity index (χ3v) is 5.36. The van der Waals surface area contributed by atoms with Crippen LogP contribution in [0.3, 0.4) is 0 Å². The summed E-state index contributed by atoms with van der Waals surface area (Å²) in [5.74, 6) is 0.698. The maximum atomic E-state index is 12.9. The van der Waals surface area contributed by atoms with Crippen molar-refractivity contribution in [1.82, 2.24) is 5.32 Å². The Morgan fingerprint density at radius 3 is 2.55 bits per heavy atom. The molecule has 6 nitrogen and oxygen atoms in total. The van der Waals surface area contributed by atoms with E-state index in [-0.39, 0.29) is 12.5 Å². The van der Waals surface area contributed by atoms with Crippen LogP contribution in [0.1, 0.15) is 40.2 Å². The van der Waals surface area contributed by atoms with E-state index in [0.717, 1.165) is 35.6 Å². The molecule has 1 saturated carbocycles. The maximum Gasteiger partial charge on any atom is 0.257 e. The number of methoxy groups -OCH3 is 1. The van der Waals surface area contributed by atoms with E-state index in [1.165, 1.54) is 6.08 Å². The Hall–Kier alpha value is -2.80. The van der Waals surface area contributed by atoms with Gasteiger partial charge in [-0.25, -0.2) is 8.42 Å². The smallest absolute Gasteiger partial charge is 0.257 e. The maximum absolute atomic E-state index is 12.9. The molecule has 0 saturated heterocycles.